The van der Waals surface area contributed by atoms with Crippen LogP contribution in [0.3, 0.4) is 0 Å². The Hall–Kier alpha value is -2.66. The molecule has 0 spiro atoms. The van der Waals surface area contributed by atoms with Gasteiger partial charge in [0.25, 0.3) is 0 Å². The largest absolute Gasteiger partial charge is 0.325 e. The van der Waals surface area contributed by atoms with Crippen LogP contribution >= 0.6 is 11.6 Å². The van der Waals surface area contributed by atoms with E-state index < -0.39 is 0 Å². The fraction of sp³-hybridized carbons (Fsp3) is 0.0625. The second-order valence-corrected chi connectivity index (χ2v) is 5.41. The molecule has 1 aliphatic heterocycles. The fourth-order valence-corrected chi connectivity index (χ4v) is 2.57. The number of aromatic nitrogens is 3. The van der Waals surface area contributed by atoms with Crippen molar-refractivity contribution in [2.45, 2.75) is 6.54 Å². The molecule has 22 heavy (non-hydrogen) atoms. The third-order valence-corrected chi connectivity index (χ3v) is 3.82. The summed E-state index contributed by atoms with van der Waals surface area (Å²) in [6, 6.07) is 17.7. The first-order chi connectivity index (χ1) is 10.8. The van der Waals surface area contributed by atoms with Gasteiger partial charge in [0.15, 0.2) is 0 Å². The van der Waals surface area contributed by atoms with E-state index in [2.05, 4.69) is 15.4 Å². The fourth-order valence-electron chi connectivity index (χ4n) is 2.45. The normalized spacial score (nSPS) is 13.2. The molecule has 5 nitrogen and oxygen atoms in total. The van der Waals surface area contributed by atoms with Crippen LogP contribution < -0.4 is 4.90 Å². The third kappa shape index (κ3) is 2.25. The predicted molar refractivity (Wildman–Crippen MR) is 87.0 cm³/mol. The molecule has 0 bridgehead atoms. The molecule has 0 radical (unpaired) electrons. The van der Waals surface area contributed by atoms with Gasteiger partial charge >= 0.3 is 0 Å². The summed E-state index contributed by atoms with van der Waals surface area (Å²) in [5.74, 6) is 0. The van der Waals surface area contributed by atoms with E-state index in [1.54, 1.807) is 11.1 Å². The number of hydrogen-bond acceptors (Lipinski definition) is 4. The Morgan fingerprint density at radius 2 is 1.73 bits per heavy atom. The molecule has 1 aliphatic rings. The third-order valence-electron chi connectivity index (χ3n) is 3.57. The molecule has 6 heteroatoms. The summed E-state index contributed by atoms with van der Waals surface area (Å²) in [5.41, 5.74) is 3.89. The van der Waals surface area contributed by atoms with Crippen molar-refractivity contribution in [1.82, 2.24) is 15.1 Å². The van der Waals surface area contributed by atoms with Crippen molar-refractivity contribution in [3.8, 4) is 11.3 Å². The predicted octanol–water partition coefficient (Wildman–Crippen LogP) is 3.41. The molecule has 3 aromatic rings. The van der Waals surface area contributed by atoms with Gasteiger partial charge in [0, 0.05) is 16.3 Å². The van der Waals surface area contributed by atoms with E-state index in [1.165, 1.54) is 0 Å². The van der Waals surface area contributed by atoms with Crippen molar-refractivity contribution in [2.75, 3.05) is 4.90 Å². The molecule has 0 aliphatic carbocycles. The Balaban J connectivity index is 1.71. The minimum Gasteiger partial charge on any atom is -0.325 e. The van der Waals surface area contributed by atoms with Crippen molar-refractivity contribution in [1.29, 1.82) is 0 Å². The van der Waals surface area contributed by atoms with Crippen molar-refractivity contribution >= 4 is 23.6 Å². The highest BCUT2D eigenvalue weighted by atomic mass is 35.5. The molecule has 4 rings (SSSR count). The van der Waals surface area contributed by atoms with Crippen LogP contribution in [0.15, 0.2) is 59.7 Å². The quantitative estimate of drug-likeness (QED) is 0.729. The summed E-state index contributed by atoms with van der Waals surface area (Å²) in [4.78, 5) is 3.62. The van der Waals surface area contributed by atoms with E-state index in [4.69, 9.17) is 11.6 Å². The van der Waals surface area contributed by atoms with Gasteiger partial charge in [-0.05, 0) is 29.5 Å². The first-order valence-corrected chi connectivity index (χ1v) is 7.26. The van der Waals surface area contributed by atoms with E-state index in [1.807, 2.05) is 59.5 Å². The average Bonchev–Trinajstić information content (AvgIpc) is 2.99. The Morgan fingerprint density at radius 3 is 2.50 bits per heavy atom. The Morgan fingerprint density at radius 1 is 0.955 bits per heavy atom. The first kappa shape index (κ1) is 13.0. The molecule has 0 N–H and O–H groups in total. The van der Waals surface area contributed by atoms with Crippen molar-refractivity contribution in [3.05, 3.63) is 65.3 Å². The van der Waals surface area contributed by atoms with Crippen LogP contribution in [0.25, 0.3) is 11.3 Å². The van der Waals surface area contributed by atoms with Crippen LogP contribution in [0.1, 0.15) is 5.69 Å². The van der Waals surface area contributed by atoms with E-state index >= 15 is 0 Å². The van der Waals surface area contributed by atoms with Crippen molar-refractivity contribution < 1.29 is 0 Å². The van der Waals surface area contributed by atoms with Crippen molar-refractivity contribution in [3.63, 3.8) is 0 Å². The van der Waals surface area contributed by atoms with Crippen LogP contribution in [0, 0.1) is 0 Å². The molecule has 0 saturated heterocycles. The minimum absolute atomic E-state index is 0.655. The summed E-state index contributed by atoms with van der Waals surface area (Å²) >= 11 is 5.94. The number of nitrogens with zero attached hydrogens (tertiary/aromatic N) is 5. The van der Waals surface area contributed by atoms with Gasteiger partial charge in [-0.25, -0.2) is 0 Å². The maximum absolute atomic E-state index is 5.94. The lowest BCUT2D eigenvalue weighted by molar-refractivity contribution is 0.641. The van der Waals surface area contributed by atoms with Gasteiger partial charge < -0.3 is 4.90 Å². The second-order valence-electron chi connectivity index (χ2n) is 4.98. The van der Waals surface area contributed by atoms with Crippen LogP contribution in [0.5, 0.6) is 0 Å². The van der Waals surface area contributed by atoms with Gasteiger partial charge in [-0.2, -0.15) is 0 Å². The number of fused-ring (bicyclic) bond motifs is 1. The first-order valence-electron chi connectivity index (χ1n) is 6.88. The molecule has 0 unspecified atom stereocenters. The van der Waals surface area contributed by atoms with Crippen LogP contribution in [-0.2, 0) is 6.54 Å². The standard InChI is InChI=1S/C16H12ClN5/c17-13-6-8-14(9-7-13)21-10-15-16(12-4-2-1-3-5-12)19-20-22(15)18-11-21/h1-9,11H,10H2. The number of benzene rings is 2. The highest BCUT2D eigenvalue weighted by Gasteiger charge is 2.20. The summed E-state index contributed by atoms with van der Waals surface area (Å²) < 4.78 is 0. The topological polar surface area (TPSA) is 46.3 Å². The summed E-state index contributed by atoms with van der Waals surface area (Å²) in [6.07, 6.45) is 1.75. The van der Waals surface area contributed by atoms with E-state index in [9.17, 15) is 0 Å². The number of rotatable bonds is 2. The maximum Gasteiger partial charge on any atom is 0.120 e. The van der Waals surface area contributed by atoms with E-state index in [0.29, 0.717) is 6.54 Å². The molecule has 0 atom stereocenters. The van der Waals surface area contributed by atoms with Gasteiger partial charge in [-0.1, -0.05) is 41.9 Å². The minimum atomic E-state index is 0.655. The van der Waals surface area contributed by atoms with Crippen LogP contribution in [0.4, 0.5) is 5.69 Å². The monoisotopic (exact) mass is 309 g/mol. The smallest absolute Gasteiger partial charge is 0.120 e. The lowest BCUT2D eigenvalue weighted by atomic mass is 10.1. The van der Waals surface area contributed by atoms with Gasteiger partial charge in [-0.15, -0.1) is 15.0 Å². The van der Waals surface area contributed by atoms with Crippen LogP contribution in [-0.4, -0.2) is 21.4 Å². The molecular weight excluding hydrogens is 298 g/mol. The SMILES string of the molecule is Clc1ccc(N2C=Nn3nnc(-c4ccccc4)c3C2)cc1. The highest BCUT2D eigenvalue weighted by Crippen LogP contribution is 2.26. The average molecular weight is 310 g/mol. The molecule has 108 valence electrons. The number of halogens is 1. The number of anilines is 1. The van der Waals surface area contributed by atoms with E-state index in [0.717, 1.165) is 27.7 Å². The lowest BCUT2D eigenvalue weighted by Gasteiger charge is -2.23. The summed E-state index contributed by atoms with van der Waals surface area (Å²) in [5, 5.41) is 13.4. The Kier molecular flexibility index (Phi) is 3.12. The summed E-state index contributed by atoms with van der Waals surface area (Å²) in [7, 11) is 0. The van der Waals surface area contributed by atoms with E-state index in [-0.39, 0.29) is 0 Å². The van der Waals surface area contributed by atoms with Gasteiger partial charge in [0.2, 0.25) is 0 Å². The summed E-state index contributed by atoms with van der Waals surface area (Å²) in [6.45, 7) is 0.655. The zero-order valence-corrected chi connectivity index (χ0v) is 12.4. The second kappa shape index (κ2) is 5.27. The highest BCUT2D eigenvalue weighted by molar-refractivity contribution is 6.30. The molecule has 2 heterocycles. The molecule has 2 aromatic carbocycles. The molecule has 0 fully saturated rings. The zero-order chi connectivity index (χ0) is 14.9. The van der Waals surface area contributed by atoms with Gasteiger partial charge in [0.05, 0.1) is 6.54 Å². The molecular formula is C16H12ClN5. The Bertz CT molecular complexity index is 824. The lowest BCUT2D eigenvalue weighted by Crippen LogP contribution is -2.27. The van der Waals surface area contributed by atoms with Crippen LogP contribution in [0.2, 0.25) is 5.02 Å². The zero-order valence-electron chi connectivity index (χ0n) is 11.6. The molecule has 1 aromatic heterocycles. The molecule has 0 amide bonds. The maximum atomic E-state index is 5.94. The Labute approximate surface area is 132 Å². The molecule has 0 saturated carbocycles. The van der Waals surface area contributed by atoms with Gasteiger partial charge in [-0.3, -0.25) is 0 Å². The van der Waals surface area contributed by atoms with Crippen molar-refractivity contribution in [2.24, 2.45) is 5.10 Å². The number of hydrogen-bond donors (Lipinski definition) is 0. The van der Waals surface area contributed by atoms with Gasteiger partial charge in [0.1, 0.15) is 17.7 Å².